The third kappa shape index (κ3) is 7.26. The molecule has 0 aromatic heterocycles. The van der Waals surface area contributed by atoms with Gasteiger partial charge in [0.1, 0.15) is 24.4 Å². The number of benzene rings is 3. The first-order chi connectivity index (χ1) is 24.4. The highest BCUT2D eigenvalue weighted by atomic mass is 16.6. The topological polar surface area (TPSA) is 104 Å². The van der Waals surface area contributed by atoms with Gasteiger partial charge >= 0.3 is 17.9 Å². The molecule has 268 valence electrons. The van der Waals surface area contributed by atoms with Crippen molar-refractivity contribution in [1.82, 2.24) is 0 Å². The van der Waals surface area contributed by atoms with Crippen molar-refractivity contribution >= 4 is 17.9 Å². The number of carbonyl (C=O) groups is 3. The van der Waals surface area contributed by atoms with Crippen molar-refractivity contribution in [3.63, 3.8) is 0 Å². The fourth-order valence-electron chi connectivity index (χ4n) is 8.80. The van der Waals surface area contributed by atoms with Crippen molar-refractivity contribution in [2.45, 2.75) is 115 Å². The van der Waals surface area contributed by atoms with Gasteiger partial charge in [-0.15, -0.1) is 0 Å². The van der Waals surface area contributed by atoms with E-state index in [4.69, 9.17) is 23.7 Å². The molecule has 9 atom stereocenters. The Labute approximate surface area is 300 Å². The van der Waals surface area contributed by atoms with Crippen LogP contribution in [0.4, 0.5) is 0 Å². The molecule has 2 saturated carbocycles. The minimum absolute atomic E-state index is 0.0267. The second kappa shape index (κ2) is 13.7. The number of ether oxygens (including phenoxy) is 5. The molecule has 1 unspecified atom stereocenters. The van der Waals surface area contributed by atoms with E-state index < -0.39 is 52.9 Å². The summed E-state index contributed by atoms with van der Waals surface area (Å²) in [6.07, 6.45) is 0.0490. The summed E-state index contributed by atoms with van der Waals surface area (Å²) in [5, 5.41) is 0. The van der Waals surface area contributed by atoms with Crippen LogP contribution in [0.1, 0.15) is 81.8 Å². The van der Waals surface area contributed by atoms with Gasteiger partial charge in [0.15, 0.2) is 0 Å². The van der Waals surface area contributed by atoms with Gasteiger partial charge in [0.05, 0.1) is 35.7 Å². The molecule has 2 aliphatic heterocycles. The van der Waals surface area contributed by atoms with E-state index in [0.717, 1.165) is 35.1 Å². The highest BCUT2D eigenvalue weighted by Gasteiger charge is 2.70. The predicted octanol–water partition coefficient (Wildman–Crippen LogP) is 7.38. The van der Waals surface area contributed by atoms with Gasteiger partial charge in [-0.1, -0.05) is 91.4 Å². The number of hydrogen-bond acceptors (Lipinski definition) is 8. The summed E-state index contributed by atoms with van der Waals surface area (Å²) in [6.45, 7) is 10.3. The van der Waals surface area contributed by atoms with E-state index in [2.05, 4.69) is 20.8 Å². The van der Waals surface area contributed by atoms with Crippen LogP contribution in [0.25, 0.3) is 0 Å². The molecule has 0 radical (unpaired) electrons. The summed E-state index contributed by atoms with van der Waals surface area (Å²) in [5.74, 6) is -1.63. The monoisotopic (exact) mass is 692 g/mol. The molecular formula is C43H48O8. The Morgan fingerprint density at radius 1 is 0.706 bits per heavy atom. The van der Waals surface area contributed by atoms with E-state index in [1.165, 1.54) is 0 Å². The van der Waals surface area contributed by atoms with Gasteiger partial charge in [0.25, 0.3) is 0 Å². The lowest BCUT2D eigenvalue weighted by atomic mass is 9.67. The molecule has 3 aromatic carbocycles. The summed E-state index contributed by atoms with van der Waals surface area (Å²) in [5.41, 5.74) is 2.08. The number of esters is 3. The smallest absolute Gasteiger partial charge is 0.338 e. The molecular weight excluding hydrogens is 644 g/mol. The normalized spacial score (nSPS) is 33.7. The maximum atomic E-state index is 13.9. The average molecular weight is 693 g/mol. The van der Waals surface area contributed by atoms with Gasteiger partial charge in [-0.05, 0) is 75.8 Å². The van der Waals surface area contributed by atoms with Crippen molar-refractivity contribution < 1.29 is 38.1 Å². The van der Waals surface area contributed by atoms with Gasteiger partial charge in [0.2, 0.25) is 0 Å². The Kier molecular flexibility index (Phi) is 9.44. The van der Waals surface area contributed by atoms with Gasteiger partial charge < -0.3 is 23.7 Å². The molecule has 2 saturated heterocycles. The number of allylic oxidation sites excluding steroid dienone is 1. The summed E-state index contributed by atoms with van der Waals surface area (Å²) in [4.78, 5) is 41.4. The van der Waals surface area contributed by atoms with Crippen LogP contribution in [0.3, 0.4) is 0 Å². The van der Waals surface area contributed by atoms with Gasteiger partial charge in [-0.25, -0.2) is 4.79 Å². The summed E-state index contributed by atoms with van der Waals surface area (Å²) in [6, 6.07) is 28.0. The zero-order chi connectivity index (χ0) is 36.0. The molecule has 4 aliphatic rings. The number of epoxide rings is 2. The van der Waals surface area contributed by atoms with Crippen LogP contribution in [-0.2, 0) is 46.1 Å². The van der Waals surface area contributed by atoms with Gasteiger partial charge in [-0.3, -0.25) is 9.59 Å². The van der Waals surface area contributed by atoms with Crippen molar-refractivity contribution in [3.05, 3.63) is 119 Å². The van der Waals surface area contributed by atoms with E-state index in [9.17, 15) is 14.4 Å². The maximum absolute atomic E-state index is 13.9. The Bertz CT molecular complexity index is 1790. The lowest BCUT2D eigenvalue weighted by Gasteiger charge is -2.42. The predicted molar refractivity (Wildman–Crippen MR) is 191 cm³/mol. The zero-order valence-electron chi connectivity index (χ0n) is 30.1. The van der Waals surface area contributed by atoms with Crippen LogP contribution in [0.15, 0.2) is 102 Å². The number of carbonyl (C=O) groups excluding carboxylic acids is 3. The second-order valence-corrected chi connectivity index (χ2v) is 15.7. The largest absolute Gasteiger partial charge is 0.461 e. The van der Waals surface area contributed by atoms with Crippen LogP contribution in [0, 0.1) is 11.3 Å². The molecule has 3 aromatic rings. The first-order valence-electron chi connectivity index (χ1n) is 18.1. The minimum Gasteiger partial charge on any atom is -0.461 e. The summed E-state index contributed by atoms with van der Waals surface area (Å²) < 4.78 is 32.4. The first kappa shape index (κ1) is 35.1. The van der Waals surface area contributed by atoms with Crippen LogP contribution in [0.2, 0.25) is 0 Å². The quantitative estimate of drug-likeness (QED) is 0.104. The van der Waals surface area contributed by atoms with E-state index in [1.54, 1.807) is 24.3 Å². The molecule has 0 N–H and O–H groups in total. The molecule has 51 heavy (non-hydrogen) atoms. The van der Waals surface area contributed by atoms with Crippen molar-refractivity contribution in [2.75, 3.05) is 0 Å². The van der Waals surface area contributed by atoms with E-state index >= 15 is 0 Å². The van der Waals surface area contributed by atoms with Crippen molar-refractivity contribution in [2.24, 2.45) is 11.3 Å². The molecule has 0 bridgehead atoms. The fourth-order valence-corrected chi connectivity index (χ4v) is 8.80. The van der Waals surface area contributed by atoms with E-state index in [1.807, 2.05) is 80.6 Å². The van der Waals surface area contributed by atoms with Crippen LogP contribution < -0.4 is 0 Å². The minimum atomic E-state index is -0.855. The highest BCUT2D eigenvalue weighted by Crippen LogP contribution is 2.62. The third-order valence-corrected chi connectivity index (χ3v) is 11.6. The lowest BCUT2D eigenvalue weighted by Crippen LogP contribution is -2.49. The Balaban J connectivity index is 1.31. The average Bonchev–Trinajstić information content (AvgIpc) is 3.93. The van der Waals surface area contributed by atoms with Gasteiger partial charge in [-0.2, -0.15) is 0 Å². The molecule has 2 heterocycles. The van der Waals surface area contributed by atoms with Crippen LogP contribution in [-0.4, -0.2) is 59.6 Å². The molecule has 2 aliphatic carbocycles. The highest BCUT2D eigenvalue weighted by molar-refractivity contribution is 5.89. The number of hydrogen-bond donors (Lipinski definition) is 0. The summed E-state index contributed by atoms with van der Waals surface area (Å²) in [7, 11) is 0. The summed E-state index contributed by atoms with van der Waals surface area (Å²) >= 11 is 0. The van der Waals surface area contributed by atoms with Crippen molar-refractivity contribution in [3.8, 4) is 0 Å². The Hall–Kier alpha value is -4.27. The van der Waals surface area contributed by atoms with E-state index in [0.29, 0.717) is 18.4 Å². The number of rotatable bonds is 8. The second-order valence-electron chi connectivity index (χ2n) is 15.7. The Morgan fingerprint density at radius 2 is 1.27 bits per heavy atom. The van der Waals surface area contributed by atoms with Crippen LogP contribution >= 0.6 is 0 Å². The third-order valence-electron chi connectivity index (χ3n) is 11.6. The SMILES string of the molecule is CC(C)=C1[C@@H]2[C@H](OC(=O)Cc3ccccc3)C[C@]3(C)O[C@H]3CC[C@]3(C)O[C@H]3C(OC(=O)Cc3ccccc3)[C@@]2(C)C[C@H]1OC(=O)c1ccccc1. The molecule has 0 spiro atoms. The standard InChI is InChI=1S/C43H48O8/c1-27(2)36-31(48-40(46)30-19-13-8-14-20-30)25-41(3)37(36)32(47-34(44)23-28-15-9-6-10-16-28)26-43(5)33(50-43)21-22-42(4)39(51-42)38(41)49-35(45)24-29-17-11-7-12-18-29/h6-20,31-33,37-39H,21-26H2,1-5H3/t31-,32-,33+,37+,38?,39+,41+,42+,43+/m1/s1. The molecule has 8 nitrogen and oxygen atoms in total. The maximum Gasteiger partial charge on any atom is 0.338 e. The van der Waals surface area contributed by atoms with Crippen LogP contribution in [0.5, 0.6) is 0 Å². The van der Waals surface area contributed by atoms with E-state index in [-0.39, 0.29) is 30.9 Å². The zero-order valence-corrected chi connectivity index (χ0v) is 30.1. The molecule has 7 rings (SSSR count). The number of fused-ring (bicyclic) bond motifs is 3. The van der Waals surface area contributed by atoms with Crippen molar-refractivity contribution in [1.29, 1.82) is 0 Å². The molecule has 8 heteroatoms. The molecule has 0 amide bonds. The van der Waals surface area contributed by atoms with Gasteiger partial charge in [0, 0.05) is 17.8 Å². The Morgan fingerprint density at radius 3 is 1.86 bits per heavy atom. The molecule has 4 fully saturated rings. The lowest BCUT2D eigenvalue weighted by molar-refractivity contribution is -0.167. The first-order valence-corrected chi connectivity index (χ1v) is 18.1. The fraction of sp³-hybridized carbons (Fsp3) is 0.465.